The summed E-state index contributed by atoms with van der Waals surface area (Å²) in [5.41, 5.74) is 2.53. The second kappa shape index (κ2) is 6.28. The van der Waals surface area contributed by atoms with E-state index in [0.29, 0.717) is 28.5 Å². The maximum Gasteiger partial charge on any atom is 0.328 e. The van der Waals surface area contributed by atoms with E-state index in [9.17, 15) is 9.59 Å². The van der Waals surface area contributed by atoms with Gasteiger partial charge in [0.15, 0.2) is 0 Å². The molecule has 0 spiro atoms. The topological polar surface area (TPSA) is 90.1 Å². The fraction of sp³-hybridized carbons (Fsp3) is 0.150. The number of fused-ring (bicyclic) bond motifs is 1. The van der Waals surface area contributed by atoms with E-state index in [1.807, 2.05) is 19.1 Å². The van der Waals surface area contributed by atoms with Crippen molar-refractivity contribution in [3.8, 4) is 22.9 Å². The molecule has 0 fully saturated rings. The molecular weight excluding hydrogens is 346 g/mol. The van der Waals surface area contributed by atoms with Crippen molar-refractivity contribution in [1.82, 2.24) is 14.5 Å². The normalized spacial score (nSPS) is 11.1. The highest BCUT2D eigenvalue weighted by molar-refractivity contribution is 5.82. The highest BCUT2D eigenvalue weighted by Gasteiger charge is 2.14. The van der Waals surface area contributed by atoms with Crippen LogP contribution >= 0.6 is 0 Å². The van der Waals surface area contributed by atoms with Gasteiger partial charge in [0.25, 0.3) is 5.56 Å². The SMILES string of the molecule is Cc1cc(-c2c(C)c(=O)[nH]c(=O)n2C)ccc1Oc1nccc2occc12. The van der Waals surface area contributed by atoms with Gasteiger partial charge in [0.1, 0.15) is 11.3 Å². The summed E-state index contributed by atoms with van der Waals surface area (Å²) in [6, 6.07) is 9.08. The van der Waals surface area contributed by atoms with Gasteiger partial charge in [0.05, 0.1) is 17.3 Å². The Morgan fingerprint density at radius 1 is 1.15 bits per heavy atom. The number of nitrogens with zero attached hydrogens (tertiary/aromatic N) is 2. The molecule has 0 atom stereocenters. The molecule has 0 saturated carbocycles. The second-order valence-corrected chi connectivity index (χ2v) is 6.32. The van der Waals surface area contributed by atoms with Crippen molar-refractivity contribution in [3.63, 3.8) is 0 Å². The first kappa shape index (κ1) is 16.8. The van der Waals surface area contributed by atoms with Crippen LogP contribution in [0.5, 0.6) is 11.6 Å². The molecule has 136 valence electrons. The lowest BCUT2D eigenvalue weighted by atomic mass is 10.0. The van der Waals surface area contributed by atoms with E-state index >= 15 is 0 Å². The number of pyridine rings is 1. The Labute approximate surface area is 153 Å². The van der Waals surface area contributed by atoms with Gasteiger partial charge in [0, 0.05) is 18.8 Å². The summed E-state index contributed by atoms with van der Waals surface area (Å²) in [6.07, 6.45) is 3.21. The second-order valence-electron chi connectivity index (χ2n) is 6.32. The lowest BCUT2D eigenvalue weighted by Gasteiger charge is -2.13. The van der Waals surface area contributed by atoms with Crippen LogP contribution in [0.2, 0.25) is 0 Å². The van der Waals surface area contributed by atoms with Crippen molar-refractivity contribution in [2.45, 2.75) is 13.8 Å². The van der Waals surface area contributed by atoms with Crippen LogP contribution in [0.1, 0.15) is 11.1 Å². The zero-order valence-corrected chi connectivity index (χ0v) is 15.1. The summed E-state index contributed by atoms with van der Waals surface area (Å²) in [4.78, 5) is 30.5. The van der Waals surface area contributed by atoms with Crippen LogP contribution in [0.15, 0.2) is 56.8 Å². The standard InChI is InChI=1S/C20H17N3O4/c1-11-10-13(17-12(2)18(24)22-20(25)23(17)3)4-5-15(11)27-19-14-7-9-26-16(14)6-8-21-19/h4-10H,1-3H3,(H,22,24,25). The van der Waals surface area contributed by atoms with Crippen molar-refractivity contribution >= 4 is 11.0 Å². The zero-order valence-electron chi connectivity index (χ0n) is 15.1. The molecule has 0 bridgehead atoms. The van der Waals surface area contributed by atoms with E-state index < -0.39 is 5.69 Å². The molecule has 4 aromatic rings. The van der Waals surface area contributed by atoms with Crippen LogP contribution in [-0.2, 0) is 7.05 Å². The van der Waals surface area contributed by atoms with Gasteiger partial charge in [-0.1, -0.05) is 0 Å². The fourth-order valence-corrected chi connectivity index (χ4v) is 3.11. The number of rotatable bonds is 3. The van der Waals surface area contributed by atoms with Crippen LogP contribution in [-0.4, -0.2) is 14.5 Å². The largest absolute Gasteiger partial charge is 0.464 e. The first-order chi connectivity index (χ1) is 13.0. The Hall–Kier alpha value is -3.61. The molecule has 0 aliphatic rings. The monoisotopic (exact) mass is 363 g/mol. The maximum atomic E-state index is 12.0. The van der Waals surface area contributed by atoms with Crippen LogP contribution in [0.4, 0.5) is 0 Å². The molecular formula is C20H17N3O4. The number of H-pyrrole nitrogens is 1. The number of nitrogens with one attached hydrogen (secondary N) is 1. The first-order valence-electron chi connectivity index (χ1n) is 8.36. The summed E-state index contributed by atoms with van der Waals surface area (Å²) in [5.74, 6) is 1.09. The highest BCUT2D eigenvalue weighted by atomic mass is 16.5. The van der Waals surface area contributed by atoms with E-state index in [1.165, 1.54) is 4.57 Å². The van der Waals surface area contributed by atoms with Gasteiger partial charge in [-0.2, -0.15) is 0 Å². The number of benzene rings is 1. The number of aromatic nitrogens is 3. The maximum absolute atomic E-state index is 12.0. The highest BCUT2D eigenvalue weighted by Crippen LogP contribution is 2.32. The molecule has 3 aromatic heterocycles. The molecule has 0 unspecified atom stereocenters. The lowest BCUT2D eigenvalue weighted by molar-refractivity contribution is 0.465. The van der Waals surface area contributed by atoms with Gasteiger partial charge in [-0.3, -0.25) is 14.3 Å². The predicted molar refractivity (Wildman–Crippen MR) is 101 cm³/mol. The smallest absolute Gasteiger partial charge is 0.328 e. The predicted octanol–water partition coefficient (Wildman–Crippen LogP) is 3.29. The number of furan rings is 1. The van der Waals surface area contributed by atoms with Gasteiger partial charge >= 0.3 is 5.69 Å². The Balaban J connectivity index is 1.78. The molecule has 1 N–H and O–H groups in total. The summed E-state index contributed by atoms with van der Waals surface area (Å²) >= 11 is 0. The third-order valence-electron chi connectivity index (χ3n) is 4.55. The van der Waals surface area contributed by atoms with Crippen molar-refractivity contribution in [2.24, 2.45) is 7.05 Å². The number of ether oxygens (including phenoxy) is 1. The fourth-order valence-electron chi connectivity index (χ4n) is 3.11. The minimum absolute atomic E-state index is 0.387. The molecule has 7 heteroatoms. The van der Waals surface area contributed by atoms with Crippen LogP contribution < -0.4 is 16.0 Å². The van der Waals surface area contributed by atoms with Gasteiger partial charge in [0.2, 0.25) is 5.88 Å². The van der Waals surface area contributed by atoms with Gasteiger partial charge in [-0.05, 0) is 55.3 Å². The Kier molecular flexibility index (Phi) is 3.92. The molecule has 1 aromatic carbocycles. The van der Waals surface area contributed by atoms with E-state index in [1.54, 1.807) is 44.6 Å². The molecule has 7 nitrogen and oxygen atoms in total. The van der Waals surface area contributed by atoms with Gasteiger partial charge in [-0.25, -0.2) is 9.78 Å². The average Bonchev–Trinajstić information content (AvgIpc) is 3.12. The Morgan fingerprint density at radius 3 is 2.74 bits per heavy atom. The molecule has 4 rings (SSSR count). The van der Waals surface area contributed by atoms with E-state index in [0.717, 1.165) is 16.5 Å². The van der Waals surface area contributed by atoms with Crippen molar-refractivity contribution in [2.75, 3.05) is 0 Å². The number of hydrogen-bond acceptors (Lipinski definition) is 5. The van der Waals surface area contributed by atoms with E-state index in [4.69, 9.17) is 9.15 Å². The molecule has 0 aliphatic heterocycles. The van der Waals surface area contributed by atoms with Crippen molar-refractivity contribution in [1.29, 1.82) is 0 Å². The molecule has 27 heavy (non-hydrogen) atoms. The van der Waals surface area contributed by atoms with Crippen molar-refractivity contribution < 1.29 is 9.15 Å². The third-order valence-corrected chi connectivity index (χ3v) is 4.55. The lowest BCUT2D eigenvalue weighted by Crippen LogP contribution is -2.31. The summed E-state index contributed by atoms with van der Waals surface area (Å²) in [5, 5.41) is 0.786. The van der Waals surface area contributed by atoms with Gasteiger partial charge in [-0.15, -0.1) is 0 Å². The molecule has 3 heterocycles. The van der Waals surface area contributed by atoms with Crippen LogP contribution in [0.3, 0.4) is 0 Å². The minimum Gasteiger partial charge on any atom is -0.464 e. The Bertz CT molecular complexity index is 1250. The summed E-state index contributed by atoms with van der Waals surface area (Å²) < 4.78 is 12.8. The average molecular weight is 363 g/mol. The molecule has 0 radical (unpaired) electrons. The van der Waals surface area contributed by atoms with Crippen LogP contribution in [0, 0.1) is 13.8 Å². The molecule has 0 saturated heterocycles. The quantitative estimate of drug-likeness (QED) is 0.603. The third kappa shape index (κ3) is 2.83. The number of aromatic amines is 1. The molecule has 0 amide bonds. The van der Waals surface area contributed by atoms with Gasteiger partial charge < -0.3 is 9.15 Å². The summed E-state index contributed by atoms with van der Waals surface area (Å²) in [7, 11) is 1.63. The zero-order chi connectivity index (χ0) is 19.1. The Morgan fingerprint density at radius 2 is 1.96 bits per heavy atom. The van der Waals surface area contributed by atoms with Crippen molar-refractivity contribution in [3.05, 3.63) is 74.8 Å². The van der Waals surface area contributed by atoms with E-state index in [-0.39, 0.29) is 5.56 Å². The molecule has 0 aliphatic carbocycles. The summed E-state index contributed by atoms with van der Waals surface area (Å²) in [6.45, 7) is 3.59. The minimum atomic E-state index is -0.450. The number of hydrogen-bond donors (Lipinski definition) is 1. The van der Waals surface area contributed by atoms with Crippen LogP contribution in [0.25, 0.3) is 22.2 Å². The van der Waals surface area contributed by atoms with E-state index in [2.05, 4.69) is 9.97 Å². The number of aryl methyl sites for hydroxylation is 1. The first-order valence-corrected chi connectivity index (χ1v) is 8.36.